The van der Waals surface area contributed by atoms with Gasteiger partial charge in [0.15, 0.2) is 0 Å². The minimum atomic E-state index is -0.451. The number of carbonyl (C=O) groups is 1. The number of aromatic nitrogens is 2. The lowest BCUT2D eigenvalue weighted by Crippen LogP contribution is -2.25. The molecule has 0 bridgehead atoms. The van der Waals surface area contributed by atoms with Crippen LogP contribution in [0.5, 0.6) is 0 Å². The average Bonchev–Trinajstić information content (AvgIpc) is 2.64. The summed E-state index contributed by atoms with van der Waals surface area (Å²) < 4.78 is 0. The summed E-state index contributed by atoms with van der Waals surface area (Å²) >= 11 is 0. The highest BCUT2D eigenvalue weighted by molar-refractivity contribution is 6.08. The first-order valence-corrected chi connectivity index (χ1v) is 8.29. The van der Waals surface area contributed by atoms with E-state index in [1.807, 2.05) is 50.2 Å². The summed E-state index contributed by atoms with van der Waals surface area (Å²) in [5, 5.41) is 5.98. The molecule has 0 atom stereocenters. The molecule has 3 N–H and O–H groups in total. The Bertz CT molecular complexity index is 960. The highest BCUT2D eigenvalue weighted by Crippen LogP contribution is 2.21. The van der Waals surface area contributed by atoms with Gasteiger partial charge in [-0.1, -0.05) is 24.3 Å². The van der Waals surface area contributed by atoms with Crippen LogP contribution in [0, 0.1) is 13.8 Å². The molecule has 1 aromatic carbocycles. The fourth-order valence-corrected chi connectivity index (χ4v) is 2.73. The van der Waals surface area contributed by atoms with Crippen LogP contribution < -0.4 is 16.2 Å². The Kier molecular flexibility index (Phi) is 5.12. The standard InChI is InChI=1S/C20H20N4O2/c1-13-6-5-7-14(2)18(13)24-20(26)17-16(9-11-22-19(17)25)23-12-15-8-3-4-10-21-15/h3-11H,12H2,1-2H3,(H,24,26)(H2,22,23,25). The zero-order chi connectivity index (χ0) is 18.5. The molecule has 0 saturated carbocycles. The number of rotatable bonds is 5. The Morgan fingerprint density at radius 2 is 1.85 bits per heavy atom. The molecule has 26 heavy (non-hydrogen) atoms. The summed E-state index contributed by atoms with van der Waals surface area (Å²) in [5.41, 5.74) is 3.47. The van der Waals surface area contributed by atoms with Gasteiger partial charge in [0.05, 0.1) is 17.9 Å². The number of anilines is 2. The molecular formula is C20H20N4O2. The first kappa shape index (κ1) is 17.4. The van der Waals surface area contributed by atoms with E-state index in [0.29, 0.717) is 12.2 Å². The fraction of sp³-hybridized carbons (Fsp3) is 0.150. The van der Waals surface area contributed by atoms with Crippen LogP contribution in [0.15, 0.2) is 59.7 Å². The first-order valence-electron chi connectivity index (χ1n) is 8.29. The first-order chi connectivity index (χ1) is 12.6. The highest BCUT2D eigenvalue weighted by atomic mass is 16.2. The second-order valence-electron chi connectivity index (χ2n) is 5.99. The molecule has 3 aromatic rings. The lowest BCUT2D eigenvalue weighted by molar-refractivity contribution is 0.102. The number of nitrogens with one attached hydrogen (secondary N) is 3. The number of hydrogen-bond acceptors (Lipinski definition) is 4. The van der Waals surface area contributed by atoms with Crippen molar-refractivity contribution >= 4 is 17.3 Å². The summed E-state index contributed by atoms with van der Waals surface area (Å²) in [5.74, 6) is -0.451. The highest BCUT2D eigenvalue weighted by Gasteiger charge is 2.17. The predicted molar refractivity (Wildman–Crippen MR) is 102 cm³/mol. The molecule has 0 unspecified atom stereocenters. The molecule has 6 heteroatoms. The van der Waals surface area contributed by atoms with Gasteiger partial charge in [0.25, 0.3) is 11.5 Å². The third-order valence-corrected chi connectivity index (χ3v) is 4.09. The van der Waals surface area contributed by atoms with E-state index >= 15 is 0 Å². The van der Waals surface area contributed by atoms with E-state index < -0.39 is 11.5 Å². The summed E-state index contributed by atoms with van der Waals surface area (Å²) in [6.07, 6.45) is 3.21. The minimum absolute atomic E-state index is 0.0473. The molecular weight excluding hydrogens is 328 g/mol. The molecule has 0 aliphatic heterocycles. The van der Waals surface area contributed by atoms with Gasteiger partial charge >= 0.3 is 0 Å². The molecule has 0 saturated heterocycles. The van der Waals surface area contributed by atoms with Crippen molar-refractivity contribution in [3.8, 4) is 0 Å². The fourth-order valence-electron chi connectivity index (χ4n) is 2.73. The summed E-state index contributed by atoms with van der Waals surface area (Å²) in [6, 6.07) is 13.0. The number of benzene rings is 1. The molecule has 0 radical (unpaired) electrons. The number of amides is 1. The van der Waals surface area contributed by atoms with E-state index in [1.54, 1.807) is 12.3 Å². The molecule has 0 fully saturated rings. The van der Waals surface area contributed by atoms with E-state index in [2.05, 4.69) is 20.6 Å². The number of aromatic amines is 1. The third kappa shape index (κ3) is 3.80. The lowest BCUT2D eigenvalue weighted by atomic mass is 10.1. The molecule has 0 aliphatic rings. The zero-order valence-corrected chi connectivity index (χ0v) is 14.7. The smallest absolute Gasteiger partial charge is 0.263 e. The number of nitrogens with zero attached hydrogens (tertiary/aromatic N) is 1. The predicted octanol–water partition coefficient (Wildman–Crippen LogP) is 3.25. The summed E-state index contributed by atoms with van der Waals surface area (Å²) in [6.45, 7) is 4.24. The largest absolute Gasteiger partial charge is 0.379 e. The van der Waals surface area contributed by atoms with E-state index in [9.17, 15) is 9.59 Å². The normalized spacial score (nSPS) is 10.4. The quantitative estimate of drug-likeness (QED) is 0.660. The van der Waals surface area contributed by atoms with Crippen molar-refractivity contribution in [2.75, 3.05) is 10.6 Å². The van der Waals surface area contributed by atoms with Crippen LogP contribution in [-0.4, -0.2) is 15.9 Å². The summed E-state index contributed by atoms with van der Waals surface area (Å²) in [4.78, 5) is 31.9. The second kappa shape index (κ2) is 7.65. The number of aryl methyl sites for hydroxylation is 2. The number of para-hydroxylation sites is 1. The maximum Gasteiger partial charge on any atom is 0.263 e. The number of carbonyl (C=O) groups excluding carboxylic acids is 1. The van der Waals surface area contributed by atoms with Gasteiger partial charge in [0.2, 0.25) is 0 Å². The maximum absolute atomic E-state index is 12.8. The van der Waals surface area contributed by atoms with Crippen LogP contribution in [0.2, 0.25) is 0 Å². The Morgan fingerprint density at radius 1 is 1.08 bits per heavy atom. The zero-order valence-electron chi connectivity index (χ0n) is 14.7. The summed E-state index contributed by atoms with van der Waals surface area (Å²) in [7, 11) is 0. The number of H-pyrrole nitrogens is 1. The van der Waals surface area contributed by atoms with Crippen molar-refractivity contribution in [3.63, 3.8) is 0 Å². The number of pyridine rings is 2. The van der Waals surface area contributed by atoms with Crippen molar-refractivity contribution < 1.29 is 4.79 Å². The van der Waals surface area contributed by atoms with Gasteiger partial charge in [0.1, 0.15) is 5.56 Å². The van der Waals surface area contributed by atoms with Gasteiger partial charge in [-0.3, -0.25) is 14.6 Å². The Labute approximate surface area is 151 Å². The molecule has 0 spiro atoms. The Balaban J connectivity index is 1.87. The van der Waals surface area contributed by atoms with Gasteiger partial charge < -0.3 is 15.6 Å². The molecule has 2 heterocycles. The van der Waals surface area contributed by atoms with E-state index in [0.717, 1.165) is 22.5 Å². The van der Waals surface area contributed by atoms with Crippen molar-refractivity contribution in [3.05, 3.63) is 87.6 Å². The van der Waals surface area contributed by atoms with Crippen LogP contribution in [0.4, 0.5) is 11.4 Å². The van der Waals surface area contributed by atoms with Crippen LogP contribution >= 0.6 is 0 Å². The SMILES string of the molecule is Cc1cccc(C)c1NC(=O)c1c(NCc2ccccn2)cc[nH]c1=O. The van der Waals surface area contributed by atoms with Gasteiger partial charge in [0, 0.05) is 18.1 Å². The van der Waals surface area contributed by atoms with Crippen molar-refractivity contribution in [1.29, 1.82) is 0 Å². The van der Waals surface area contributed by atoms with Crippen LogP contribution in [-0.2, 0) is 6.54 Å². The Morgan fingerprint density at radius 3 is 2.54 bits per heavy atom. The molecule has 6 nitrogen and oxygen atoms in total. The molecule has 1 amide bonds. The van der Waals surface area contributed by atoms with Crippen molar-refractivity contribution in [2.45, 2.75) is 20.4 Å². The second-order valence-corrected chi connectivity index (χ2v) is 5.99. The Hall–Kier alpha value is -3.41. The van der Waals surface area contributed by atoms with Gasteiger partial charge in [-0.25, -0.2) is 0 Å². The molecule has 0 aliphatic carbocycles. The van der Waals surface area contributed by atoms with Crippen molar-refractivity contribution in [1.82, 2.24) is 9.97 Å². The van der Waals surface area contributed by atoms with Gasteiger partial charge in [-0.05, 0) is 43.2 Å². The van der Waals surface area contributed by atoms with Crippen LogP contribution in [0.25, 0.3) is 0 Å². The molecule has 3 rings (SSSR count). The van der Waals surface area contributed by atoms with E-state index in [-0.39, 0.29) is 5.56 Å². The maximum atomic E-state index is 12.8. The van der Waals surface area contributed by atoms with Crippen molar-refractivity contribution in [2.24, 2.45) is 0 Å². The number of hydrogen-bond donors (Lipinski definition) is 3. The van der Waals surface area contributed by atoms with E-state index in [4.69, 9.17) is 0 Å². The molecule has 2 aromatic heterocycles. The van der Waals surface area contributed by atoms with Gasteiger partial charge in [-0.15, -0.1) is 0 Å². The lowest BCUT2D eigenvalue weighted by Gasteiger charge is -2.14. The third-order valence-electron chi connectivity index (χ3n) is 4.09. The van der Waals surface area contributed by atoms with Crippen LogP contribution in [0.1, 0.15) is 27.2 Å². The van der Waals surface area contributed by atoms with Gasteiger partial charge in [-0.2, -0.15) is 0 Å². The van der Waals surface area contributed by atoms with Crippen LogP contribution in [0.3, 0.4) is 0 Å². The van der Waals surface area contributed by atoms with E-state index in [1.165, 1.54) is 6.20 Å². The topological polar surface area (TPSA) is 86.9 Å². The average molecular weight is 348 g/mol. The minimum Gasteiger partial charge on any atom is -0.379 e. The molecule has 132 valence electrons. The monoisotopic (exact) mass is 348 g/mol.